The van der Waals surface area contributed by atoms with E-state index >= 15 is 0 Å². The van der Waals surface area contributed by atoms with E-state index < -0.39 is 5.60 Å². The summed E-state index contributed by atoms with van der Waals surface area (Å²) >= 11 is 0. The summed E-state index contributed by atoms with van der Waals surface area (Å²) in [6.07, 6.45) is 7.92. The molecule has 0 aromatic carbocycles. The average Bonchev–Trinajstić information content (AvgIpc) is 3.09. The molecule has 1 aromatic rings. The standard InChI is InChI=1S/C15H23N3O2/c1-3-16-14(18-12-7-4-5-8-12)17-11-15(2,19)13-9-6-10-20-13/h4-6,9-10,12,19H,3,7-8,11H2,1-2H3,(H2,16,17,18). The molecule has 0 radical (unpaired) electrons. The SMILES string of the molecule is CCNC(=NCC(C)(O)c1ccco1)NC1CC=CC1. The Morgan fingerprint density at radius 1 is 1.50 bits per heavy atom. The Bertz CT molecular complexity index is 455. The summed E-state index contributed by atoms with van der Waals surface area (Å²) in [5.41, 5.74) is -1.10. The number of nitrogens with zero attached hydrogens (tertiary/aromatic N) is 1. The molecule has 1 aliphatic carbocycles. The van der Waals surface area contributed by atoms with Gasteiger partial charge in [-0.05, 0) is 38.8 Å². The molecular weight excluding hydrogens is 254 g/mol. The van der Waals surface area contributed by atoms with Gasteiger partial charge in [0, 0.05) is 12.6 Å². The zero-order valence-corrected chi connectivity index (χ0v) is 12.1. The fourth-order valence-electron chi connectivity index (χ4n) is 2.14. The molecule has 2 rings (SSSR count). The molecule has 0 saturated heterocycles. The Kier molecular flexibility index (Phi) is 4.84. The van der Waals surface area contributed by atoms with Crippen LogP contribution in [0.15, 0.2) is 40.0 Å². The highest BCUT2D eigenvalue weighted by Gasteiger charge is 2.26. The molecule has 0 bridgehead atoms. The van der Waals surface area contributed by atoms with Crippen molar-refractivity contribution in [3.63, 3.8) is 0 Å². The molecule has 1 unspecified atom stereocenters. The van der Waals surface area contributed by atoms with Crippen molar-refractivity contribution >= 4 is 5.96 Å². The lowest BCUT2D eigenvalue weighted by atomic mass is 10.0. The molecule has 0 fully saturated rings. The maximum atomic E-state index is 10.4. The van der Waals surface area contributed by atoms with Crippen LogP contribution in [0.2, 0.25) is 0 Å². The van der Waals surface area contributed by atoms with Crippen LogP contribution in [0.3, 0.4) is 0 Å². The molecule has 110 valence electrons. The number of nitrogens with one attached hydrogen (secondary N) is 2. The van der Waals surface area contributed by atoms with Gasteiger partial charge in [-0.3, -0.25) is 0 Å². The molecule has 20 heavy (non-hydrogen) atoms. The Balaban J connectivity index is 1.97. The lowest BCUT2D eigenvalue weighted by molar-refractivity contribution is 0.0437. The summed E-state index contributed by atoms with van der Waals surface area (Å²) in [5, 5.41) is 17.0. The van der Waals surface area contributed by atoms with Gasteiger partial charge in [-0.1, -0.05) is 12.2 Å². The molecule has 3 N–H and O–H groups in total. The third-order valence-electron chi connectivity index (χ3n) is 3.29. The molecule has 1 heterocycles. The van der Waals surface area contributed by atoms with E-state index in [1.165, 1.54) is 0 Å². The van der Waals surface area contributed by atoms with Crippen molar-refractivity contribution < 1.29 is 9.52 Å². The number of aliphatic imine (C=N–C) groups is 1. The predicted molar refractivity (Wildman–Crippen MR) is 79.6 cm³/mol. The minimum atomic E-state index is -1.10. The summed E-state index contributed by atoms with van der Waals surface area (Å²) in [4.78, 5) is 4.46. The first kappa shape index (κ1) is 14.7. The van der Waals surface area contributed by atoms with Crippen LogP contribution in [0.4, 0.5) is 0 Å². The van der Waals surface area contributed by atoms with Crippen molar-refractivity contribution in [2.45, 2.75) is 38.3 Å². The molecule has 0 spiro atoms. The van der Waals surface area contributed by atoms with Crippen LogP contribution >= 0.6 is 0 Å². The van der Waals surface area contributed by atoms with Crippen LogP contribution in [0.25, 0.3) is 0 Å². The molecule has 0 aliphatic heterocycles. The van der Waals surface area contributed by atoms with E-state index in [9.17, 15) is 5.11 Å². The first-order valence-electron chi connectivity index (χ1n) is 7.08. The summed E-state index contributed by atoms with van der Waals surface area (Å²) in [6.45, 7) is 4.76. The van der Waals surface area contributed by atoms with Gasteiger partial charge in [0.15, 0.2) is 5.96 Å². The van der Waals surface area contributed by atoms with Crippen LogP contribution in [0, 0.1) is 0 Å². The van der Waals surface area contributed by atoms with Crippen molar-refractivity contribution in [1.29, 1.82) is 0 Å². The Labute approximate surface area is 119 Å². The minimum Gasteiger partial charge on any atom is -0.466 e. The van der Waals surface area contributed by atoms with E-state index in [1.54, 1.807) is 25.3 Å². The van der Waals surface area contributed by atoms with Crippen molar-refractivity contribution in [3.8, 4) is 0 Å². The molecule has 1 atom stereocenters. The van der Waals surface area contributed by atoms with Crippen LogP contribution < -0.4 is 10.6 Å². The van der Waals surface area contributed by atoms with Crippen molar-refractivity contribution in [1.82, 2.24) is 10.6 Å². The number of aliphatic hydroxyl groups is 1. The van der Waals surface area contributed by atoms with Crippen LogP contribution in [-0.4, -0.2) is 30.2 Å². The molecule has 5 nitrogen and oxygen atoms in total. The van der Waals surface area contributed by atoms with Gasteiger partial charge in [-0.25, -0.2) is 4.99 Å². The smallest absolute Gasteiger partial charge is 0.191 e. The topological polar surface area (TPSA) is 69.8 Å². The Morgan fingerprint density at radius 2 is 2.25 bits per heavy atom. The number of rotatable bonds is 5. The molecule has 1 aromatic heterocycles. The average molecular weight is 277 g/mol. The molecule has 0 amide bonds. The van der Waals surface area contributed by atoms with Crippen molar-refractivity contribution in [3.05, 3.63) is 36.3 Å². The van der Waals surface area contributed by atoms with E-state index in [4.69, 9.17) is 4.42 Å². The number of hydrogen-bond donors (Lipinski definition) is 3. The highest BCUT2D eigenvalue weighted by atomic mass is 16.4. The van der Waals surface area contributed by atoms with Crippen LogP contribution in [-0.2, 0) is 5.60 Å². The Morgan fingerprint density at radius 3 is 2.85 bits per heavy atom. The number of guanidine groups is 1. The zero-order chi connectivity index (χ0) is 14.4. The molecule has 1 aliphatic rings. The van der Waals surface area contributed by atoms with Crippen molar-refractivity contribution in [2.24, 2.45) is 4.99 Å². The third-order valence-corrected chi connectivity index (χ3v) is 3.29. The van der Waals surface area contributed by atoms with Crippen LogP contribution in [0.1, 0.15) is 32.4 Å². The maximum Gasteiger partial charge on any atom is 0.191 e. The van der Waals surface area contributed by atoms with Gasteiger partial charge in [0.2, 0.25) is 0 Å². The van der Waals surface area contributed by atoms with E-state index in [2.05, 4.69) is 27.8 Å². The molecule has 0 saturated carbocycles. The largest absolute Gasteiger partial charge is 0.466 e. The summed E-state index contributed by atoms with van der Waals surface area (Å²) < 4.78 is 5.25. The van der Waals surface area contributed by atoms with Crippen LogP contribution in [0.5, 0.6) is 0 Å². The summed E-state index contributed by atoms with van der Waals surface area (Å²) in [6, 6.07) is 3.92. The molecule has 5 heteroatoms. The summed E-state index contributed by atoms with van der Waals surface area (Å²) in [5.74, 6) is 1.26. The van der Waals surface area contributed by atoms with E-state index in [0.717, 1.165) is 25.3 Å². The second-order valence-corrected chi connectivity index (χ2v) is 5.23. The maximum absolute atomic E-state index is 10.4. The quantitative estimate of drug-likeness (QED) is 0.436. The first-order valence-corrected chi connectivity index (χ1v) is 7.08. The monoisotopic (exact) mass is 277 g/mol. The van der Waals surface area contributed by atoms with Gasteiger partial charge >= 0.3 is 0 Å². The third kappa shape index (κ3) is 3.87. The predicted octanol–water partition coefficient (Wildman–Crippen LogP) is 1.76. The fraction of sp³-hybridized carbons (Fsp3) is 0.533. The highest BCUT2D eigenvalue weighted by Crippen LogP contribution is 2.21. The van der Waals surface area contributed by atoms with E-state index in [1.807, 2.05) is 6.92 Å². The second-order valence-electron chi connectivity index (χ2n) is 5.23. The van der Waals surface area contributed by atoms with Gasteiger partial charge < -0.3 is 20.2 Å². The lowest BCUT2D eigenvalue weighted by Gasteiger charge is -2.21. The minimum absolute atomic E-state index is 0.246. The van der Waals surface area contributed by atoms with Gasteiger partial charge in [0.25, 0.3) is 0 Å². The summed E-state index contributed by atoms with van der Waals surface area (Å²) in [7, 11) is 0. The van der Waals surface area contributed by atoms with E-state index in [-0.39, 0.29) is 6.54 Å². The zero-order valence-electron chi connectivity index (χ0n) is 12.1. The fourth-order valence-corrected chi connectivity index (χ4v) is 2.14. The first-order chi connectivity index (χ1) is 9.62. The van der Waals surface area contributed by atoms with Gasteiger partial charge in [0.05, 0.1) is 12.8 Å². The van der Waals surface area contributed by atoms with Gasteiger partial charge in [-0.2, -0.15) is 0 Å². The van der Waals surface area contributed by atoms with Gasteiger partial charge in [-0.15, -0.1) is 0 Å². The second kappa shape index (κ2) is 6.61. The van der Waals surface area contributed by atoms with Crippen molar-refractivity contribution in [2.75, 3.05) is 13.1 Å². The van der Waals surface area contributed by atoms with E-state index in [0.29, 0.717) is 11.8 Å². The number of hydrogen-bond acceptors (Lipinski definition) is 3. The van der Waals surface area contributed by atoms with Gasteiger partial charge in [0.1, 0.15) is 11.4 Å². The number of furan rings is 1. The Hall–Kier alpha value is -1.75. The molecular formula is C15H23N3O2. The lowest BCUT2D eigenvalue weighted by Crippen LogP contribution is -2.43. The normalized spacial score (nSPS) is 19.1. The highest BCUT2D eigenvalue weighted by molar-refractivity contribution is 5.80.